The molecule has 1 aromatic carbocycles. The first-order valence-electron chi connectivity index (χ1n) is 5.56. The molecule has 19 heavy (non-hydrogen) atoms. The lowest BCUT2D eigenvalue weighted by Crippen LogP contribution is -2.02. The molecule has 0 bridgehead atoms. The van der Waals surface area contributed by atoms with Gasteiger partial charge in [-0.1, -0.05) is 12.1 Å². The zero-order valence-corrected chi connectivity index (χ0v) is 12.0. The van der Waals surface area contributed by atoms with Crippen molar-refractivity contribution >= 4 is 39.7 Å². The molecule has 3 N–H and O–H groups in total. The highest BCUT2D eigenvalue weighted by Crippen LogP contribution is 2.21. The Hall–Kier alpha value is -1.90. The smallest absolute Gasteiger partial charge is 0.245 e. The van der Waals surface area contributed by atoms with Gasteiger partial charge in [0.1, 0.15) is 12.1 Å². The van der Waals surface area contributed by atoms with E-state index in [-0.39, 0.29) is 5.95 Å². The number of nitrogens with zero attached hydrogens (tertiary/aromatic N) is 3. The van der Waals surface area contributed by atoms with Crippen molar-refractivity contribution in [3.8, 4) is 5.88 Å². The first kappa shape index (κ1) is 12.2. The van der Waals surface area contributed by atoms with Crippen LogP contribution in [0.25, 0.3) is 11.2 Å². The van der Waals surface area contributed by atoms with Crippen LogP contribution in [0.15, 0.2) is 30.6 Å². The monoisotopic (exact) mass is 371 g/mol. The van der Waals surface area contributed by atoms with Crippen LogP contribution in [0.1, 0.15) is 5.56 Å². The Morgan fingerprint density at radius 3 is 3.05 bits per heavy atom. The molecule has 2 heterocycles. The largest absolute Gasteiger partial charge is 0.471 e. The lowest BCUT2D eigenvalue weighted by atomic mass is 10.2. The molecule has 0 aliphatic heterocycles. The van der Waals surface area contributed by atoms with Crippen LogP contribution in [0.4, 0.5) is 5.95 Å². The SMILES string of the molecule is Nc1nc(OCc2cccc([131I])c2)c2[nH]cnc2n1. The van der Waals surface area contributed by atoms with Crippen LogP contribution < -0.4 is 10.5 Å². The van der Waals surface area contributed by atoms with Gasteiger partial charge >= 0.3 is 0 Å². The summed E-state index contributed by atoms with van der Waals surface area (Å²) in [6.45, 7) is 0.418. The molecule has 7 heteroatoms. The van der Waals surface area contributed by atoms with E-state index in [0.29, 0.717) is 23.7 Å². The number of ether oxygens (including phenoxy) is 1. The van der Waals surface area contributed by atoms with Crippen molar-refractivity contribution in [2.75, 3.05) is 5.73 Å². The van der Waals surface area contributed by atoms with Crippen molar-refractivity contribution in [2.45, 2.75) is 6.61 Å². The number of anilines is 1. The van der Waals surface area contributed by atoms with Gasteiger partial charge < -0.3 is 15.5 Å². The summed E-state index contributed by atoms with van der Waals surface area (Å²) in [6, 6.07) is 8.06. The molecule has 3 aromatic rings. The molecule has 0 fully saturated rings. The Balaban J connectivity index is 1.87. The predicted octanol–water partition coefficient (Wildman–Crippen LogP) is 2.12. The summed E-state index contributed by atoms with van der Waals surface area (Å²) >= 11 is 2.26. The number of imidazole rings is 1. The molecule has 0 radical (unpaired) electrons. The molecule has 0 spiro atoms. The molecule has 0 amide bonds. The first-order valence-corrected chi connectivity index (χ1v) is 6.64. The number of halogens is 1. The van der Waals surface area contributed by atoms with Gasteiger partial charge in [-0.05, 0) is 40.3 Å². The number of aromatic amines is 1. The molecule has 0 saturated carbocycles. The van der Waals surface area contributed by atoms with Gasteiger partial charge in [-0.3, -0.25) is 0 Å². The molecule has 0 saturated heterocycles. The van der Waals surface area contributed by atoms with E-state index >= 15 is 0 Å². The number of hydrogen-bond acceptors (Lipinski definition) is 5. The summed E-state index contributed by atoms with van der Waals surface area (Å²) in [7, 11) is 0. The highest BCUT2D eigenvalue weighted by molar-refractivity contribution is 14.1. The lowest BCUT2D eigenvalue weighted by Gasteiger charge is -2.06. The Morgan fingerprint density at radius 1 is 1.32 bits per heavy atom. The van der Waals surface area contributed by atoms with Crippen LogP contribution in [-0.2, 0) is 6.61 Å². The minimum Gasteiger partial charge on any atom is -0.471 e. The van der Waals surface area contributed by atoms with Crippen molar-refractivity contribution in [1.82, 2.24) is 19.9 Å². The van der Waals surface area contributed by atoms with Crippen LogP contribution in [0, 0.1) is 3.57 Å². The number of hydrogen-bond donors (Lipinski definition) is 2. The fourth-order valence-corrected chi connectivity index (χ4v) is 2.31. The maximum atomic E-state index is 5.69. The van der Waals surface area contributed by atoms with E-state index in [0.717, 1.165) is 9.13 Å². The second-order valence-corrected chi connectivity index (χ2v) is 5.15. The minimum absolute atomic E-state index is 0.150. The number of rotatable bonds is 3. The quantitative estimate of drug-likeness (QED) is 0.689. The van der Waals surface area contributed by atoms with E-state index < -0.39 is 0 Å². The van der Waals surface area contributed by atoms with E-state index in [1.165, 1.54) is 6.33 Å². The zero-order valence-electron chi connectivity index (χ0n) is 9.80. The predicted molar refractivity (Wildman–Crippen MR) is 79.6 cm³/mol. The van der Waals surface area contributed by atoms with Gasteiger partial charge in [0.15, 0.2) is 5.65 Å². The maximum absolute atomic E-state index is 5.69. The zero-order chi connectivity index (χ0) is 13.2. The fourth-order valence-electron chi connectivity index (χ4n) is 1.71. The molecule has 96 valence electrons. The molecule has 3 rings (SSSR count). The topological polar surface area (TPSA) is 89.7 Å². The van der Waals surface area contributed by atoms with Crippen LogP contribution in [0.5, 0.6) is 5.88 Å². The van der Waals surface area contributed by atoms with Gasteiger partial charge in [-0.25, -0.2) is 4.98 Å². The number of fused-ring (bicyclic) bond motifs is 1. The molecule has 0 aliphatic rings. The Morgan fingerprint density at radius 2 is 2.21 bits per heavy atom. The molecule has 0 atom stereocenters. The third kappa shape index (κ3) is 2.60. The minimum atomic E-state index is 0.150. The summed E-state index contributed by atoms with van der Waals surface area (Å²) in [5.41, 5.74) is 7.84. The van der Waals surface area contributed by atoms with Gasteiger partial charge in [-0.2, -0.15) is 9.97 Å². The van der Waals surface area contributed by atoms with Crippen molar-refractivity contribution in [1.29, 1.82) is 0 Å². The normalized spacial score (nSPS) is 10.8. The van der Waals surface area contributed by atoms with Crippen LogP contribution in [0.3, 0.4) is 0 Å². The van der Waals surface area contributed by atoms with E-state index in [4.69, 9.17) is 10.5 Å². The Labute approximate surface area is 122 Å². The van der Waals surface area contributed by atoms with Gasteiger partial charge in [0.05, 0.1) is 6.33 Å². The van der Waals surface area contributed by atoms with Crippen molar-refractivity contribution in [3.63, 3.8) is 0 Å². The average molecular weight is 371 g/mol. The molecule has 6 nitrogen and oxygen atoms in total. The summed E-state index contributed by atoms with van der Waals surface area (Å²) < 4.78 is 6.85. The molecule has 0 aliphatic carbocycles. The highest BCUT2D eigenvalue weighted by atomic mass is 131. The molecular formula is C12H10IN5O. The average Bonchev–Trinajstić information content (AvgIpc) is 2.84. The summed E-state index contributed by atoms with van der Waals surface area (Å²) in [6.07, 6.45) is 1.54. The van der Waals surface area contributed by atoms with E-state index in [1.54, 1.807) is 0 Å². The van der Waals surface area contributed by atoms with E-state index in [1.807, 2.05) is 18.2 Å². The van der Waals surface area contributed by atoms with Crippen LogP contribution in [0.2, 0.25) is 0 Å². The number of benzene rings is 1. The molecule has 2 aromatic heterocycles. The fraction of sp³-hybridized carbons (Fsp3) is 0.0833. The van der Waals surface area contributed by atoms with E-state index in [2.05, 4.69) is 48.6 Å². The third-order valence-corrected chi connectivity index (χ3v) is 3.21. The van der Waals surface area contributed by atoms with Gasteiger partial charge in [0.2, 0.25) is 11.8 Å². The summed E-state index contributed by atoms with van der Waals surface area (Å²) in [4.78, 5) is 15.1. The third-order valence-electron chi connectivity index (χ3n) is 2.53. The van der Waals surface area contributed by atoms with Crippen molar-refractivity contribution in [2.24, 2.45) is 0 Å². The number of nitrogens with one attached hydrogen (secondary N) is 1. The van der Waals surface area contributed by atoms with Gasteiger partial charge in [0, 0.05) is 3.57 Å². The summed E-state index contributed by atoms with van der Waals surface area (Å²) in [5.74, 6) is 0.566. The first-order chi connectivity index (χ1) is 9.22. The number of nitrogen functional groups attached to an aromatic ring is 1. The Kier molecular flexibility index (Phi) is 3.20. The number of nitrogens with two attached hydrogens (primary N) is 1. The highest BCUT2D eigenvalue weighted by Gasteiger charge is 2.09. The second kappa shape index (κ2) is 5.00. The van der Waals surface area contributed by atoms with Crippen LogP contribution >= 0.6 is 22.6 Å². The standard InChI is InChI=1S/C12H10IN5O/c13-8-3-1-2-7(4-8)5-19-11-9-10(16-6-15-9)17-12(14)18-11/h1-4,6H,5H2,(H3,14,15,16,17,18)/i13+4. The van der Waals surface area contributed by atoms with Crippen molar-refractivity contribution in [3.05, 3.63) is 39.7 Å². The molecule has 0 unspecified atom stereocenters. The van der Waals surface area contributed by atoms with Crippen molar-refractivity contribution < 1.29 is 4.74 Å². The summed E-state index contributed by atoms with van der Waals surface area (Å²) in [5, 5.41) is 0. The van der Waals surface area contributed by atoms with E-state index in [9.17, 15) is 0 Å². The maximum Gasteiger partial charge on any atom is 0.245 e. The Bertz CT molecular complexity index is 727. The van der Waals surface area contributed by atoms with Gasteiger partial charge in [0.25, 0.3) is 0 Å². The van der Waals surface area contributed by atoms with Gasteiger partial charge in [-0.15, -0.1) is 0 Å². The lowest BCUT2D eigenvalue weighted by molar-refractivity contribution is 0.297. The number of H-pyrrole nitrogens is 1. The second-order valence-electron chi connectivity index (χ2n) is 3.91. The molecular weight excluding hydrogens is 361 g/mol. The van der Waals surface area contributed by atoms with Crippen LogP contribution in [-0.4, -0.2) is 19.9 Å². The number of aromatic nitrogens is 4.